The molecular weight excluding hydrogens is 232 g/mol. The van der Waals surface area contributed by atoms with E-state index in [1.54, 1.807) is 31.2 Å². The van der Waals surface area contributed by atoms with Gasteiger partial charge < -0.3 is 10.2 Å². The number of carbonyl (C=O) groups is 3. The standard InChI is InChI=1S/C13H16N2O3/c1-3-14-12(17)8-15(2)13(18)11-7-5-4-6-10(11)9-16/h4-7,9H,3,8H2,1-2H3,(H,14,17). The second-order valence-electron chi connectivity index (χ2n) is 3.82. The third-order valence-electron chi connectivity index (χ3n) is 2.42. The van der Waals surface area contributed by atoms with Crippen LogP contribution in [0.4, 0.5) is 0 Å². The number of hydrogen-bond donors (Lipinski definition) is 1. The number of carbonyl (C=O) groups excluding carboxylic acids is 3. The molecule has 0 aliphatic carbocycles. The molecule has 0 heterocycles. The van der Waals surface area contributed by atoms with Crippen LogP contribution in [0.1, 0.15) is 27.6 Å². The molecular formula is C13H16N2O3. The molecule has 5 heteroatoms. The number of nitrogens with zero attached hydrogens (tertiary/aromatic N) is 1. The van der Waals surface area contributed by atoms with Crippen LogP contribution in [-0.2, 0) is 4.79 Å². The average Bonchev–Trinajstić information content (AvgIpc) is 2.38. The van der Waals surface area contributed by atoms with Gasteiger partial charge in [-0.1, -0.05) is 18.2 Å². The van der Waals surface area contributed by atoms with Gasteiger partial charge in [-0.15, -0.1) is 0 Å². The molecule has 0 atom stereocenters. The molecule has 96 valence electrons. The van der Waals surface area contributed by atoms with Gasteiger partial charge in [0.2, 0.25) is 5.91 Å². The number of rotatable bonds is 5. The van der Waals surface area contributed by atoms with Crippen LogP contribution in [0.15, 0.2) is 24.3 Å². The van der Waals surface area contributed by atoms with Crippen molar-refractivity contribution in [1.82, 2.24) is 10.2 Å². The lowest BCUT2D eigenvalue weighted by Crippen LogP contribution is -2.38. The van der Waals surface area contributed by atoms with Crippen LogP contribution in [0.25, 0.3) is 0 Å². The molecule has 0 bridgehead atoms. The number of nitrogens with one attached hydrogen (secondary N) is 1. The normalized spacial score (nSPS) is 9.67. The van der Waals surface area contributed by atoms with Crippen molar-refractivity contribution in [3.8, 4) is 0 Å². The van der Waals surface area contributed by atoms with Crippen molar-refractivity contribution < 1.29 is 14.4 Å². The molecule has 0 radical (unpaired) electrons. The van der Waals surface area contributed by atoms with Gasteiger partial charge in [0.05, 0.1) is 12.1 Å². The summed E-state index contributed by atoms with van der Waals surface area (Å²) < 4.78 is 0. The SMILES string of the molecule is CCNC(=O)CN(C)C(=O)c1ccccc1C=O. The summed E-state index contributed by atoms with van der Waals surface area (Å²) in [7, 11) is 1.53. The van der Waals surface area contributed by atoms with Crippen LogP contribution in [0, 0.1) is 0 Å². The molecule has 2 amide bonds. The fraction of sp³-hybridized carbons (Fsp3) is 0.308. The van der Waals surface area contributed by atoms with Crippen LogP contribution in [0.5, 0.6) is 0 Å². The van der Waals surface area contributed by atoms with E-state index in [2.05, 4.69) is 5.32 Å². The lowest BCUT2D eigenvalue weighted by molar-refractivity contribution is -0.121. The third kappa shape index (κ3) is 3.41. The average molecular weight is 248 g/mol. The van der Waals surface area contributed by atoms with Gasteiger partial charge in [0, 0.05) is 19.2 Å². The molecule has 0 unspecified atom stereocenters. The van der Waals surface area contributed by atoms with Crippen LogP contribution in [0.3, 0.4) is 0 Å². The maximum absolute atomic E-state index is 12.1. The van der Waals surface area contributed by atoms with Crippen LogP contribution in [-0.4, -0.2) is 43.1 Å². The molecule has 1 aromatic rings. The van der Waals surface area contributed by atoms with E-state index in [4.69, 9.17) is 0 Å². The Bertz CT molecular complexity index is 457. The van der Waals surface area contributed by atoms with E-state index in [0.717, 1.165) is 0 Å². The topological polar surface area (TPSA) is 66.5 Å². The van der Waals surface area contributed by atoms with Crippen molar-refractivity contribution in [2.75, 3.05) is 20.1 Å². The van der Waals surface area contributed by atoms with E-state index < -0.39 is 0 Å². The largest absolute Gasteiger partial charge is 0.355 e. The van der Waals surface area contributed by atoms with Crippen LogP contribution >= 0.6 is 0 Å². The fourth-order valence-corrected chi connectivity index (χ4v) is 1.54. The minimum absolute atomic E-state index is 0.0279. The molecule has 0 saturated carbocycles. The maximum atomic E-state index is 12.1. The van der Waals surface area contributed by atoms with Gasteiger partial charge >= 0.3 is 0 Å². The van der Waals surface area contributed by atoms with Gasteiger partial charge in [0.1, 0.15) is 0 Å². The molecule has 0 fully saturated rings. The van der Waals surface area contributed by atoms with Crippen molar-refractivity contribution in [2.24, 2.45) is 0 Å². The first-order valence-electron chi connectivity index (χ1n) is 5.66. The zero-order valence-corrected chi connectivity index (χ0v) is 10.5. The number of amides is 2. The monoisotopic (exact) mass is 248 g/mol. The summed E-state index contributed by atoms with van der Waals surface area (Å²) in [6.45, 7) is 2.30. The lowest BCUT2D eigenvalue weighted by atomic mass is 10.1. The summed E-state index contributed by atoms with van der Waals surface area (Å²) in [5.74, 6) is -0.569. The Morgan fingerprint density at radius 2 is 2.00 bits per heavy atom. The summed E-state index contributed by atoms with van der Waals surface area (Å²) in [6.07, 6.45) is 0.632. The van der Waals surface area contributed by atoms with E-state index in [-0.39, 0.29) is 18.4 Å². The van der Waals surface area contributed by atoms with Gasteiger partial charge in [-0.2, -0.15) is 0 Å². The second kappa shape index (κ2) is 6.54. The minimum atomic E-state index is -0.344. The van der Waals surface area contributed by atoms with E-state index >= 15 is 0 Å². The smallest absolute Gasteiger partial charge is 0.254 e. The molecule has 18 heavy (non-hydrogen) atoms. The van der Waals surface area contributed by atoms with Gasteiger partial charge in [-0.05, 0) is 13.0 Å². The maximum Gasteiger partial charge on any atom is 0.254 e. The number of likely N-dealkylation sites (N-methyl/N-ethyl adjacent to an activating group) is 2. The molecule has 0 spiro atoms. The van der Waals surface area contributed by atoms with E-state index in [1.165, 1.54) is 11.9 Å². The minimum Gasteiger partial charge on any atom is -0.355 e. The summed E-state index contributed by atoms with van der Waals surface area (Å²) in [5, 5.41) is 2.61. The van der Waals surface area contributed by atoms with Crippen molar-refractivity contribution in [2.45, 2.75) is 6.92 Å². The lowest BCUT2D eigenvalue weighted by Gasteiger charge is -2.17. The summed E-state index contributed by atoms with van der Waals surface area (Å²) >= 11 is 0. The van der Waals surface area contributed by atoms with E-state index in [1.807, 2.05) is 0 Å². The Labute approximate surface area is 106 Å². The Balaban J connectivity index is 2.80. The van der Waals surface area contributed by atoms with Gasteiger partial charge in [-0.25, -0.2) is 0 Å². The molecule has 0 saturated heterocycles. The third-order valence-corrected chi connectivity index (χ3v) is 2.42. The quantitative estimate of drug-likeness (QED) is 0.780. The van der Waals surface area contributed by atoms with Crippen molar-refractivity contribution in [1.29, 1.82) is 0 Å². The molecule has 1 rings (SSSR count). The number of hydrogen-bond acceptors (Lipinski definition) is 3. The summed E-state index contributed by atoms with van der Waals surface area (Å²) in [5.41, 5.74) is 0.629. The predicted octanol–water partition coefficient (Wildman–Crippen LogP) is 0.707. The highest BCUT2D eigenvalue weighted by Crippen LogP contribution is 2.08. The molecule has 1 N–H and O–H groups in total. The highest BCUT2D eigenvalue weighted by molar-refractivity contribution is 6.02. The van der Waals surface area contributed by atoms with Crippen LogP contribution in [0.2, 0.25) is 0 Å². The Hall–Kier alpha value is -2.17. The van der Waals surface area contributed by atoms with Gasteiger partial charge in [0.25, 0.3) is 5.91 Å². The predicted molar refractivity (Wildman–Crippen MR) is 67.5 cm³/mol. The Morgan fingerprint density at radius 1 is 1.33 bits per heavy atom. The summed E-state index contributed by atoms with van der Waals surface area (Å²) in [4.78, 5) is 35.5. The highest BCUT2D eigenvalue weighted by atomic mass is 16.2. The number of aldehydes is 1. The fourth-order valence-electron chi connectivity index (χ4n) is 1.54. The Kier molecular flexibility index (Phi) is 5.05. The zero-order valence-electron chi connectivity index (χ0n) is 10.5. The van der Waals surface area contributed by atoms with E-state index in [9.17, 15) is 14.4 Å². The zero-order chi connectivity index (χ0) is 13.5. The van der Waals surface area contributed by atoms with Crippen LogP contribution < -0.4 is 5.32 Å². The highest BCUT2D eigenvalue weighted by Gasteiger charge is 2.17. The summed E-state index contributed by atoms with van der Waals surface area (Å²) in [6, 6.07) is 6.50. The molecule has 0 aliphatic heterocycles. The Morgan fingerprint density at radius 3 is 2.61 bits per heavy atom. The first-order chi connectivity index (χ1) is 8.60. The second-order valence-corrected chi connectivity index (χ2v) is 3.82. The first-order valence-corrected chi connectivity index (χ1v) is 5.66. The van der Waals surface area contributed by atoms with E-state index in [0.29, 0.717) is 24.0 Å². The first kappa shape index (κ1) is 13.9. The van der Waals surface area contributed by atoms with Gasteiger partial charge in [-0.3, -0.25) is 14.4 Å². The van der Waals surface area contributed by atoms with Crippen molar-refractivity contribution in [3.63, 3.8) is 0 Å². The molecule has 0 aromatic heterocycles. The molecule has 0 aliphatic rings. The van der Waals surface area contributed by atoms with Crippen molar-refractivity contribution >= 4 is 18.1 Å². The van der Waals surface area contributed by atoms with Gasteiger partial charge in [0.15, 0.2) is 6.29 Å². The number of benzene rings is 1. The van der Waals surface area contributed by atoms with Crippen molar-refractivity contribution in [3.05, 3.63) is 35.4 Å². The molecule has 5 nitrogen and oxygen atoms in total. The molecule has 1 aromatic carbocycles.